The van der Waals surface area contributed by atoms with Gasteiger partial charge >= 0.3 is 23.9 Å². The first-order valence-electron chi connectivity index (χ1n) is 10.2. The van der Waals surface area contributed by atoms with Crippen molar-refractivity contribution in [2.45, 2.75) is 58.2 Å². The van der Waals surface area contributed by atoms with E-state index in [1.165, 1.54) is 33.3 Å². The van der Waals surface area contributed by atoms with E-state index in [4.69, 9.17) is 33.2 Å². The SMILES string of the molecule is COc1cc(O)cc(OC)c1[C@@H]1OC(COC(C)=O)[C@@H](OC(C)=O)C(OC(C)=O)C1OC(C)=O. The van der Waals surface area contributed by atoms with Crippen molar-refractivity contribution in [1.29, 1.82) is 0 Å². The molecular formula is C22H28O12. The molecule has 1 aromatic carbocycles. The fraction of sp³-hybridized carbons (Fsp3) is 0.545. The van der Waals surface area contributed by atoms with E-state index in [0.717, 1.165) is 20.8 Å². The molecule has 1 saturated heterocycles. The zero-order valence-corrected chi connectivity index (χ0v) is 19.7. The van der Waals surface area contributed by atoms with E-state index in [2.05, 4.69) is 0 Å². The van der Waals surface area contributed by atoms with Gasteiger partial charge in [-0.3, -0.25) is 19.2 Å². The molecule has 0 aliphatic carbocycles. The lowest BCUT2D eigenvalue weighted by Gasteiger charge is -2.45. The predicted molar refractivity (Wildman–Crippen MR) is 112 cm³/mol. The molecule has 1 N–H and O–H groups in total. The van der Waals surface area contributed by atoms with E-state index < -0.39 is 54.4 Å². The number of phenolic OH excluding ortho intramolecular Hbond substituents is 1. The van der Waals surface area contributed by atoms with Crippen LogP contribution in [0.2, 0.25) is 0 Å². The summed E-state index contributed by atoms with van der Waals surface area (Å²) in [6.45, 7) is 4.20. The molecule has 34 heavy (non-hydrogen) atoms. The Balaban J connectivity index is 2.72. The lowest BCUT2D eigenvalue weighted by molar-refractivity contribution is -0.254. The minimum atomic E-state index is -1.35. The van der Waals surface area contributed by atoms with E-state index >= 15 is 0 Å². The Morgan fingerprint density at radius 2 is 1.26 bits per heavy atom. The highest BCUT2D eigenvalue weighted by Gasteiger charge is 2.53. The predicted octanol–water partition coefficient (Wildman–Crippen LogP) is 1.21. The molecule has 0 amide bonds. The number of carbonyl (C=O) groups excluding carboxylic acids is 4. The maximum Gasteiger partial charge on any atom is 0.303 e. The van der Waals surface area contributed by atoms with Crippen LogP contribution in [0.4, 0.5) is 0 Å². The van der Waals surface area contributed by atoms with Crippen molar-refractivity contribution in [1.82, 2.24) is 0 Å². The molecule has 0 saturated carbocycles. The van der Waals surface area contributed by atoms with Crippen LogP contribution in [-0.2, 0) is 42.9 Å². The average molecular weight is 484 g/mol. The number of hydrogen-bond acceptors (Lipinski definition) is 12. The summed E-state index contributed by atoms with van der Waals surface area (Å²) in [5.41, 5.74) is 0.209. The van der Waals surface area contributed by atoms with Gasteiger partial charge in [0.2, 0.25) is 0 Å². The van der Waals surface area contributed by atoms with Gasteiger partial charge in [-0.2, -0.15) is 0 Å². The number of hydrogen-bond donors (Lipinski definition) is 1. The minimum Gasteiger partial charge on any atom is -0.508 e. The summed E-state index contributed by atoms with van der Waals surface area (Å²) in [4.78, 5) is 47.3. The van der Waals surface area contributed by atoms with Crippen molar-refractivity contribution in [3.05, 3.63) is 17.7 Å². The smallest absolute Gasteiger partial charge is 0.303 e. The van der Waals surface area contributed by atoms with Gasteiger partial charge < -0.3 is 38.3 Å². The Hall–Kier alpha value is -3.54. The zero-order chi connectivity index (χ0) is 25.6. The number of esters is 4. The van der Waals surface area contributed by atoms with E-state index in [0.29, 0.717) is 0 Å². The highest BCUT2D eigenvalue weighted by Crippen LogP contribution is 2.46. The van der Waals surface area contributed by atoms with Gasteiger partial charge in [0, 0.05) is 39.8 Å². The van der Waals surface area contributed by atoms with E-state index in [9.17, 15) is 24.3 Å². The molecule has 3 unspecified atom stereocenters. The molecule has 0 aromatic heterocycles. The lowest BCUT2D eigenvalue weighted by Crippen LogP contribution is -2.59. The molecule has 0 bridgehead atoms. The Morgan fingerprint density at radius 3 is 1.71 bits per heavy atom. The second kappa shape index (κ2) is 11.5. The standard InChI is InChI=1S/C22H28O12/c1-10(23)30-9-17-19(31-11(2)24)21(32-12(3)25)22(33-13(4)26)20(34-17)18-15(28-5)7-14(27)8-16(18)29-6/h7-8,17,19-22,27H,9H2,1-6H3/t17?,19-,20+,21?,22?/m1/s1. The number of phenols is 1. The maximum atomic E-state index is 12.0. The summed E-state index contributed by atoms with van der Waals surface area (Å²) < 4.78 is 38.2. The first-order chi connectivity index (χ1) is 16.0. The molecule has 2 rings (SSSR count). The van der Waals surface area contributed by atoms with E-state index in [1.807, 2.05) is 0 Å². The fourth-order valence-electron chi connectivity index (χ4n) is 3.67. The van der Waals surface area contributed by atoms with Gasteiger partial charge in [0.05, 0.1) is 19.8 Å². The second-order valence-corrected chi connectivity index (χ2v) is 7.38. The topological polar surface area (TPSA) is 153 Å². The van der Waals surface area contributed by atoms with Crippen LogP contribution in [0.1, 0.15) is 39.4 Å². The first-order valence-corrected chi connectivity index (χ1v) is 10.2. The summed E-state index contributed by atoms with van der Waals surface area (Å²) in [5, 5.41) is 10.0. The third-order valence-electron chi connectivity index (χ3n) is 4.80. The van der Waals surface area contributed by atoms with Gasteiger partial charge in [0.1, 0.15) is 36.1 Å². The van der Waals surface area contributed by atoms with Crippen molar-refractivity contribution >= 4 is 23.9 Å². The summed E-state index contributed by atoms with van der Waals surface area (Å²) in [6, 6.07) is 2.57. The van der Waals surface area contributed by atoms with Gasteiger partial charge in [0.25, 0.3) is 0 Å². The number of rotatable bonds is 8. The van der Waals surface area contributed by atoms with Crippen LogP contribution < -0.4 is 9.47 Å². The van der Waals surface area contributed by atoms with Crippen molar-refractivity contribution in [3.63, 3.8) is 0 Å². The average Bonchev–Trinajstić information content (AvgIpc) is 2.73. The van der Waals surface area contributed by atoms with Crippen molar-refractivity contribution in [3.8, 4) is 17.2 Å². The largest absolute Gasteiger partial charge is 0.508 e. The maximum absolute atomic E-state index is 12.0. The molecule has 1 fully saturated rings. The van der Waals surface area contributed by atoms with Gasteiger partial charge in [-0.15, -0.1) is 0 Å². The molecule has 1 aliphatic heterocycles. The molecule has 1 aromatic rings. The monoisotopic (exact) mass is 484 g/mol. The summed E-state index contributed by atoms with van der Waals surface area (Å²) >= 11 is 0. The van der Waals surface area contributed by atoms with E-state index in [1.54, 1.807) is 0 Å². The first kappa shape index (κ1) is 26.7. The Labute approximate surface area is 195 Å². The van der Waals surface area contributed by atoms with Gasteiger partial charge in [-0.25, -0.2) is 0 Å². The molecule has 12 heteroatoms. The molecule has 1 aliphatic rings. The quantitative estimate of drug-likeness (QED) is 0.417. The van der Waals surface area contributed by atoms with Crippen LogP contribution in [0.15, 0.2) is 12.1 Å². The summed E-state index contributed by atoms with van der Waals surface area (Å²) in [7, 11) is 2.67. The molecule has 1 heterocycles. The van der Waals surface area contributed by atoms with Gasteiger partial charge in [-0.1, -0.05) is 0 Å². The lowest BCUT2D eigenvalue weighted by atomic mass is 9.89. The number of ether oxygens (including phenoxy) is 7. The van der Waals surface area contributed by atoms with E-state index in [-0.39, 0.29) is 29.4 Å². The molecular weight excluding hydrogens is 456 g/mol. The Kier molecular flexibility index (Phi) is 9.07. The van der Waals surface area contributed by atoms with Crippen molar-refractivity contribution in [2.75, 3.05) is 20.8 Å². The van der Waals surface area contributed by atoms with Crippen molar-refractivity contribution < 1.29 is 57.4 Å². The Bertz CT molecular complexity index is 901. The highest BCUT2D eigenvalue weighted by atomic mass is 16.7. The minimum absolute atomic E-state index is 0.109. The highest BCUT2D eigenvalue weighted by molar-refractivity contribution is 5.69. The molecule has 0 radical (unpaired) electrons. The second-order valence-electron chi connectivity index (χ2n) is 7.38. The number of aromatic hydroxyl groups is 1. The zero-order valence-electron chi connectivity index (χ0n) is 19.7. The number of methoxy groups -OCH3 is 2. The van der Waals surface area contributed by atoms with Crippen LogP contribution >= 0.6 is 0 Å². The third kappa shape index (κ3) is 6.50. The van der Waals surface area contributed by atoms with Gasteiger partial charge in [0.15, 0.2) is 18.3 Å². The van der Waals surface area contributed by atoms with Gasteiger partial charge in [-0.05, 0) is 0 Å². The number of carbonyl (C=O) groups is 4. The van der Waals surface area contributed by atoms with Crippen LogP contribution in [0.5, 0.6) is 17.2 Å². The van der Waals surface area contributed by atoms with Crippen LogP contribution in [0.3, 0.4) is 0 Å². The van der Waals surface area contributed by atoms with Crippen LogP contribution in [-0.4, -0.2) is 74.2 Å². The normalized spacial score (nSPS) is 23.9. The molecule has 5 atom stereocenters. The summed E-state index contributed by atoms with van der Waals surface area (Å²) in [5.74, 6) is -2.83. The molecule has 188 valence electrons. The third-order valence-corrected chi connectivity index (χ3v) is 4.80. The van der Waals surface area contributed by atoms with Crippen LogP contribution in [0.25, 0.3) is 0 Å². The fourth-order valence-corrected chi connectivity index (χ4v) is 3.67. The van der Waals surface area contributed by atoms with Crippen molar-refractivity contribution in [2.24, 2.45) is 0 Å². The molecule has 12 nitrogen and oxygen atoms in total. The Morgan fingerprint density at radius 1 is 0.794 bits per heavy atom. The summed E-state index contributed by atoms with van der Waals surface area (Å²) in [6.07, 6.45) is -6.35. The van der Waals surface area contributed by atoms with Crippen LogP contribution in [0, 0.1) is 0 Å². The molecule has 0 spiro atoms. The number of benzene rings is 1.